The van der Waals surface area contributed by atoms with Gasteiger partial charge in [0.15, 0.2) is 0 Å². The number of hydrogen-bond donors (Lipinski definition) is 3. The summed E-state index contributed by atoms with van der Waals surface area (Å²) in [5, 5.41) is 14.1. The maximum absolute atomic E-state index is 11.7. The maximum Gasteiger partial charge on any atom is 0.319 e. The van der Waals surface area contributed by atoms with Crippen LogP contribution in [-0.4, -0.2) is 29.4 Å². The second kappa shape index (κ2) is 5.73. The number of aliphatic carboxylic acids is 1. The van der Waals surface area contributed by atoms with Crippen LogP contribution in [0, 0.1) is 5.41 Å². The molecule has 106 valence electrons. The SMILES string of the molecule is O=C(CCNC(=O)C1(C(=O)O)CC1)Nc1ccccc1. The van der Waals surface area contributed by atoms with Gasteiger partial charge in [-0.25, -0.2) is 0 Å². The number of hydrogen-bond acceptors (Lipinski definition) is 3. The molecule has 2 amide bonds. The first-order valence-corrected chi connectivity index (χ1v) is 6.41. The summed E-state index contributed by atoms with van der Waals surface area (Å²) in [5.74, 6) is -1.82. The van der Waals surface area contributed by atoms with Gasteiger partial charge in [-0.3, -0.25) is 14.4 Å². The highest BCUT2D eigenvalue weighted by molar-refractivity contribution is 6.05. The Morgan fingerprint density at radius 2 is 1.80 bits per heavy atom. The average Bonchev–Trinajstić information content (AvgIpc) is 3.21. The lowest BCUT2D eigenvalue weighted by Gasteiger charge is -2.10. The Labute approximate surface area is 116 Å². The van der Waals surface area contributed by atoms with Gasteiger partial charge in [-0.1, -0.05) is 18.2 Å². The van der Waals surface area contributed by atoms with E-state index in [9.17, 15) is 14.4 Å². The van der Waals surface area contributed by atoms with E-state index in [0.29, 0.717) is 18.5 Å². The van der Waals surface area contributed by atoms with Crippen LogP contribution < -0.4 is 10.6 Å². The van der Waals surface area contributed by atoms with Crippen molar-refractivity contribution < 1.29 is 19.5 Å². The summed E-state index contributed by atoms with van der Waals surface area (Å²) in [6.45, 7) is 0.131. The predicted molar refractivity (Wildman–Crippen MR) is 72.0 cm³/mol. The Balaban J connectivity index is 1.72. The number of carbonyl (C=O) groups excluding carboxylic acids is 2. The number of rotatable bonds is 6. The lowest BCUT2D eigenvalue weighted by molar-refractivity contribution is -0.149. The third-order valence-electron chi connectivity index (χ3n) is 3.29. The van der Waals surface area contributed by atoms with Gasteiger partial charge in [-0.15, -0.1) is 0 Å². The number of para-hydroxylation sites is 1. The first kappa shape index (κ1) is 14.0. The van der Waals surface area contributed by atoms with Crippen LogP contribution in [0.25, 0.3) is 0 Å². The molecule has 1 aliphatic carbocycles. The summed E-state index contributed by atoms with van der Waals surface area (Å²) in [6.07, 6.45) is 0.838. The highest BCUT2D eigenvalue weighted by atomic mass is 16.4. The van der Waals surface area contributed by atoms with Gasteiger partial charge in [0.2, 0.25) is 11.8 Å². The van der Waals surface area contributed by atoms with Crippen LogP contribution in [0.15, 0.2) is 30.3 Å². The van der Waals surface area contributed by atoms with Crippen molar-refractivity contribution in [2.24, 2.45) is 5.41 Å². The normalized spacial score (nSPS) is 15.2. The Hall–Kier alpha value is -2.37. The standard InChI is InChI=1S/C14H16N2O4/c17-11(16-10-4-2-1-3-5-10)6-9-15-12(18)14(7-8-14)13(19)20/h1-5H,6-9H2,(H,15,18)(H,16,17)(H,19,20). The van der Waals surface area contributed by atoms with E-state index >= 15 is 0 Å². The van der Waals surface area contributed by atoms with Crippen LogP contribution in [-0.2, 0) is 14.4 Å². The maximum atomic E-state index is 11.7. The molecule has 20 heavy (non-hydrogen) atoms. The van der Waals surface area contributed by atoms with Crippen LogP contribution in [0.5, 0.6) is 0 Å². The number of carboxylic acids is 1. The molecule has 1 aromatic rings. The molecule has 0 bridgehead atoms. The summed E-state index contributed by atoms with van der Waals surface area (Å²) in [7, 11) is 0. The first-order valence-electron chi connectivity index (χ1n) is 6.41. The lowest BCUT2D eigenvalue weighted by atomic mass is 10.1. The molecule has 3 N–H and O–H groups in total. The topological polar surface area (TPSA) is 95.5 Å². The molecule has 0 saturated heterocycles. The third kappa shape index (κ3) is 3.14. The summed E-state index contributed by atoms with van der Waals surface area (Å²) in [5.41, 5.74) is -0.566. The molecule has 6 heteroatoms. The Bertz CT molecular complexity index is 523. The van der Waals surface area contributed by atoms with Crippen molar-refractivity contribution in [3.8, 4) is 0 Å². The molecule has 0 unspecified atom stereocenters. The molecule has 0 spiro atoms. The van der Waals surface area contributed by atoms with Gasteiger partial charge in [0, 0.05) is 18.7 Å². The summed E-state index contributed by atoms with van der Waals surface area (Å²) in [4.78, 5) is 34.2. The molecular weight excluding hydrogens is 260 g/mol. The second-order valence-electron chi connectivity index (χ2n) is 4.81. The van der Waals surface area contributed by atoms with Gasteiger partial charge < -0.3 is 15.7 Å². The fourth-order valence-corrected chi connectivity index (χ4v) is 1.87. The minimum absolute atomic E-state index is 0.107. The number of anilines is 1. The highest BCUT2D eigenvalue weighted by Gasteiger charge is 2.56. The number of amides is 2. The van der Waals surface area contributed by atoms with Crippen LogP contribution in [0.1, 0.15) is 19.3 Å². The van der Waals surface area contributed by atoms with E-state index in [1.807, 2.05) is 6.07 Å². The molecule has 1 aliphatic rings. The average molecular weight is 276 g/mol. The molecule has 0 atom stereocenters. The molecule has 0 aromatic heterocycles. The Kier molecular flexibility index (Phi) is 4.02. The monoisotopic (exact) mass is 276 g/mol. The van der Waals surface area contributed by atoms with Gasteiger partial charge in [-0.2, -0.15) is 0 Å². The quantitative estimate of drug-likeness (QED) is 0.675. The van der Waals surface area contributed by atoms with Gasteiger partial charge >= 0.3 is 5.97 Å². The van der Waals surface area contributed by atoms with Crippen molar-refractivity contribution in [3.63, 3.8) is 0 Å². The zero-order valence-corrected chi connectivity index (χ0v) is 10.9. The van der Waals surface area contributed by atoms with Gasteiger partial charge in [0.05, 0.1) is 0 Å². The third-order valence-corrected chi connectivity index (χ3v) is 3.29. The van der Waals surface area contributed by atoms with E-state index in [2.05, 4.69) is 10.6 Å². The van der Waals surface area contributed by atoms with Gasteiger partial charge in [-0.05, 0) is 25.0 Å². The van der Waals surface area contributed by atoms with Crippen molar-refractivity contribution in [3.05, 3.63) is 30.3 Å². The number of carboxylic acid groups (broad SMARTS) is 1. The Morgan fingerprint density at radius 3 is 2.35 bits per heavy atom. The van der Waals surface area contributed by atoms with Crippen molar-refractivity contribution in [1.29, 1.82) is 0 Å². The second-order valence-corrected chi connectivity index (χ2v) is 4.81. The molecule has 2 rings (SSSR count). The van der Waals surface area contributed by atoms with Crippen molar-refractivity contribution in [2.45, 2.75) is 19.3 Å². The summed E-state index contributed by atoms with van der Waals surface area (Å²) >= 11 is 0. The number of carbonyl (C=O) groups is 3. The fraction of sp³-hybridized carbons (Fsp3) is 0.357. The van der Waals surface area contributed by atoms with E-state index in [-0.39, 0.29) is 18.9 Å². The fourth-order valence-electron chi connectivity index (χ4n) is 1.87. The molecular formula is C14H16N2O4. The molecule has 6 nitrogen and oxygen atoms in total. The number of benzene rings is 1. The number of nitrogens with one attached hydrogen (secondary N) is 2. The smallest absolute Gasteiger partial charge is 0.319 e. The van der Waals surface area contributed by atoms with E-state index in [0.717, 1.165) is 0 Å². The summed E-state index contributed by atoms with van der Waals surface area (Å²) < 4.78 is 0. The Morgan fingerprint density at radius 1 is 1.15 bits per heavy atom. The van der Waals surface area contributed by atoms with Crippen molar-refractivity contribution in [2.75, 3.05) is 11.9 Å². The zero-order valence-electron chi connectivity index (χ0n) is 10.9. The zero-order chi connectivity index (χ0) is 14.6. The molecule has 0 heterocycles. The lowest BCUT2D eigenvalue weighted by Crippen LogP contribution is -2.38. The van der Waals surface area contributed by atoms with Crippen LogP contribution in [0.4, 0.5) is 5.69 Å². The molecule has 1 saturated carbocycles. The van der Waals surface area contributed by atoms with E-state index in [1.54, 1.807) is 24.3 Å². The molecule has 1 fully saturated rings. The van der Waals surface area contributed by atoms with Gasteiger partial charge in [0.25, 0.3) is 0 Å². The molecule has 0 aliphatic heterocycles. The van der Waals surface area contributed by atoms with Crippen molar-refractivity contribution >= 4 is 23.5 Å². The minimum atomic E-state index is -1.25. The van der Waals surface area contributed by atoms with E-state index < -0.39 is 17.3 Å². The molecule has 1 aromatic carbocycles. The first-order chi connectivity index (χ1) is 9.54. The minimum Gasteiger partial charge on any atom is -0.480 e. The van der Waals surface area contributed by atoms with Crippen molar-refractivity contribution in [1.82, 2.24) is 5.32 Å². The van der Waals surface area contributed by atoms with E-state index in [4.69, 9.17) is 5.11 Å². The van der Waals surface area contributed by atoms with Crippen LogP contribution in [0.3, 0.4) is 0 Å². The van der Waals surface area contributed by atoms with Crippen LogP contribution in [0.2, 0.25) is 0 Å². The van der Waals surface area contributed by atoms with Crippen LogP contribution >= 0.6 is 0 Å². The van der Waals surface area contributed by atoms with E-state index in [1.165, 1.54) is 0 Å². The largest absolute Gasteiger partial charge is 0.480 e. The summed E-state index contributed by atoms with van der Waals surface area (Å²) in [6, 6.07) is 8.99. The predicted octanol–water partition coefficient (Wildman–Crippen LogP) is 0.996. The highest BCUT2D eigenvalue weighted by Crippen LogP contribution is 2.45. The molecule has 0 radical (unpaired) electrons. The van der Waals surface area contributed by atoms with Gasteiger partial charge in [0.1, 0.15) is 5.41 Å².